The molecule has 0 amide bonds. The molecule has 1 saturated heterocycles. The van der Waals surface area contributed by atoms with Gasteiger partial charge in [-0.3, -0.25) is 4.79 Å². The number of esters is 1. The van der Waals surface area contributed by atoms with Gasteiger partial charge in [-0.05, 0) is 56.4 Å². The molecule has 1 aliphatic heterocycles. The van der Waals surface area contributed by atoms with Crippen LogP contribution in [0, 0.1) is 11.3 Å². The van der Waals surface area contributed by atoms with E-state index in [-0.39, 0.29) is 10.9 Å². The minimum atomic E-state index is -3.56. The van der Waals surface area contributed by atoms with Crippen molar-refractivity contribution in [1.82, 2.24) is 4.31 Å². The van der Waals surface area contributed by atoms with Gasteiger partial charge in [0.05, 0.1) is 16.9 Å². The predicted octanol–water partition coefficient (Wildman–Crippen LogP) is 3.47. The number of halogens is 1. The number of ether oxygens (including phenoxy) is 1. The number of rotatable bonds is 6. The van der Waals surface area contributed by atoms with E-state index in [2.05, 4.69) is 0 Å². The van der Waals surface area contributed by atoms with E-state index in [0.29, 0.717) is 43.5 Å². The monoisotopic (exact) mass is 385 g/mol. The van der Waals surface area contributed by atoms with Gasteiger partial charge in [-0.2, -0.15) is 4.31 Å². The van der Waals surface area contributed by atoms with Crippen molar-refractivity contribution in [3.05, 3.63) is 29.3 Å². The Balaban J connectivity index is 1.74. The van der Waals surface area contributed by atoms with E-state index in [1.165, 1.54) is 16.4 Å². The Morgan fingerprint density at radius 1 is 1.24 bits per heavy atom. The van der Waals surface area contributed by atoms with Crippen molar-refractivity contribution in [2.45, 2.75) is 43.9 Å². The van der Waals surface area contributed by atoms with Crippen LogP contribution in [0.15, 0.2) is 29.2 Å². The van der Waals surface area contributed by atoms with Gasteiger partial charge in [0, 0.05) is 18.1 Å². The first-order chi connectivity index (χ1) is 11.9. The summed E-state index contributed by atoms with van der Waals surface area (Å²) >= 11 is 5.84. The average molecular weight is 386 g/mol. The number of piperidine rings is 1. The van der Waals surface area contributed by atoms with E-state index in [1.54, 1.807) is 12.1 Å². The maximum atomic E-state index is 12.8. The van der Waals surface area contributed by atoms with Gasteiger partial charge in [-0.25, -0.2) is 8.42 Å². The Kier molecular flexibility index (Phi) is 5.42. The molecule has 1 aromatic rings. The van der Waals surface area contributed by atoms with E-state index >= 15 is 0 Å². The topological polar surface area (TPSA) is 63.7 Å². The third-order valence-electron chi connectivity index (χ3n) is 5.22. The van der Waals surface area contributed by atoms with E-state index < -0.39 is 15.4 Å². The van der Waals surface area contributed by atoms with Crippen molar-refractivity contribution in [3.8, 4) is 0 Å². The highest BCUT2D eigenvalue weighted by atomic mass is 35.5. The molecule has 1 aromatic carbocycles. The smallest absolute Gasteiger partial charge is 0.312 e. The van der Waals surface area contributed by atoms with Crippen molar-refractivity contribution in [3.63, 3.8) is 0 Å². The fraction of sp³-hybridized carbons (Fsp3) is 0.611. The maximum absolute atomic E-state index is 12.8. The number of hydrogen-bond acceptors (Lipinski definition) is 4. The summed E-state index contributed by atoms with van der Waals surface area (Å²) in [6, 6.07) is 6.20. The molecule has 3 rings (SSSR count). The van der Waals surface area contributed by atoms with Crippen molar-refractivity contribution in [1.29, 1.82) is 0 Å². The molecule has 2 aliphatic rings. The third-order valence-corrected chi connectivity index (χ3v) is 7.38. The van der Waals surface area contributed by atoms with Crippen LogP contribution < -0.4 is 0 Å². The van der Waals surface area contributed by atoms with Crippen molar-refractivity contribution in [2.24, 2.45) is 11.3 Å². The van der Waals surface area contributed by atoms with Crippen LogP contribution in [-0.4, -0.2) is 38.4 Å². The zero-order valence-corrected chi connectivity index (χ0v) is 16.0. The van der Waals surface area contributed by atoms with Crippen LogP contribution in [-0.2, 0) is 19.6 Å². The van der Waals surface area contributed by atoms with Gasteiger partial charge in [0.15, 0.2) is 0 Å². The Bertz CT molecular complexity index is 720. The predicted molar refractivity (Wildman–Crippen MR) is 95.9 cm³/mol. The maximum Gasteiger partial charge on any atom is 0.312 e. The largest absolute Gasteiger partial charge is 0.466 e. The van der Waals surface area contributed by atoms with Gasteiger partial charge < -0.3 is 4.74 Å². The summed E-state index contributed by atoms with van der Waals surface area (Å²) in [6.07, 6.45) is 4.19. The van der Waals surface area contributed by atoms with Gasteiger partial charge >= 0.3 is 5.97 Å². The number of nitrogens with zero attached hydrogens (tertiary/aromatic N) is 1. The number of benzene rings is 1. The molecule has 0 unspecified atom stereocenters. The molecule has 0 atom stereocenters. The molecular weight excluding hydrogens is 362 g/mol. The van der Waals surface area contributed by atoms with Gasteiger partial charge in [0.25, 0.3) is 0 Å². The standard InChI is InChI=1S/C18H24ClNO4S/c1-2-24-17(21)18(13-14-3-4-14)9-11-20(12-10-18)25(22,23)16-7-5-15(19)6-8-16/h5-8,14H,2-4,9-13H2,1H3. The highest BCUT2D eigenvalue weighted by Crippen LogP contribution is 2.47. The second-order valence-corrected chi connectivity index (χ2v) is 9.38. The van der Waals surface area contributed by atoms with Crippen LogP contribution in [0.1, 0.15) is 39.0 Å². The minimum Gasteiger partial charge on any atom is -0.466 e. The van der Waals surface area contributed by atoms with Gasteiger partial charge in [0.2, 0.25) is 10.0 Å². The zero-order chi connectivity index (χ0) is 18.1. The second-order valence-electron chi connectivity index (χ2n) is 7.01. The van der Waals surface area contributed by atoms with Crippen molar-refractivity contribution >= 4 is 27.6 Å². The lowest BCUT2D eigenvalue weighted by Crippen LogP contribution is -2.47. The number of carbonyl (C=O) groups excluding carboxylic acids is 1. The number of hydrogen-bond donors (Lipinski definition) is 0. The quantitative estimate of drug-likeness (QED) is 0.703. The van der Waals surface area contributed by atoms with E-state index in [1.807, 2.05) is 6.92 Å². The van der Waals surface area contributed by atoms with Crippen LogP contribution >= 0.6 is 11.6 Å². The van der Waals surface area contributed by atoms with Crippen LogP contribution in [0.5, 0.6) is 0 Å². The highest BCUT2D eigenvalue weighted by molar-refractivity contribution is 7.89. The molecule has 7 heteroatoms. The molecule has 0 aromatic heterocycles. The normalized spacial score (nSPS) is 21.0. The summed E-state index contributed by atoms with van der Waals surface area (Å²) in [6.45, 7) is 2.86. The van der Waals surface area contributed by atoms with Crippen LogP contribution in [0.25, 0.3) is 0 Å². The summed E-state index contributed by atoms with van der Waals surface area (Å²) in [5.41, 5.74) is -0.525. The molecule has 1 saturated carbocycles. The van der Waals surface area contributed by atoms with E-state index in [4.69, 9.17) is 16.3 Å². The lowest BCUT2D eigenvalue weighted by atomic mass is 9.74. The third kappa shape index (κ3) is 4.01. The van der Waals surface area contributed by atoms with Crippen LogP contribution in [0.3, 0.4) is 0 Å². The Morgan fingerprint density at radius 2 is 1.84 bits per heavy atom. The summed E-state index contributed by atoms with van der Waals surface area (Å²) < 4.78 is 32.4. The molecule has 0 N–H and O–H groups in total. The SMILES string of the molecule is CCOC(=O)C1(CC2CC2)CCN(S(=O)(=O)c2ccc(Cl)cc2)CC1. The first-order valence-corrected chi connectivity index (χ1v) is 10.6. The molecule has 0 spiro atoms. The lowest BCUT2D eigenvalue weighted by Gasteiger charge is -2.39. The van der Waals surface area contributed by atoms with Crippen LogP contribution in [0.4, 0.5) is 0 Å². The van der Waals surface area contributed by atoms with Gasteiger partial charge in [-0.15, -0.1) is 0 Å². The Morgan fingerprint density at radius 3 is 2.36 bits per heavy atom. The Hall–Kier alpha value is -1.11. The second kappa shape index (κ2) is 7.25. The number of sulfonamides is 1. The number of carbonyl (C=O) groups is 1. The molecule has 5 nitrogen and oxygen atoms in total. The van der Waals surface area contributed by atoms with Crippen molar-refractivity contribution in [2.75, 3.05) is 19.7 Å². The lowest BCUT2D eigenvalue weighted by molar-refractivity contribution is -0.159. The highest BCUT2D eigenvalue weighted by Gasteiger charge is 2.47. The molecule has 25 heavy (non-hydrogen) atoms. The molecule has 1 aliphatic carbocycles. The minimum absolute atomic E-state index is 0.162. The van der Waals surface area contributed by atoms with Crippen LogP contribution in [0.2, 0.25) is 5.02 Å². The summed E-state index contributed by atoms with van der Waals surface area (Å²) in [7, 11) is -3.56. The summed E-state index contributed by atoms with van der Waals surface area (Å²) in [4.78, 5) is 12.8. The van der Waals surface area contributed by atoms with E-state index in [0.717, 1.165) is 19.3 Å². The van der Waals surface area contributed by atoms with Crippen molar-refractivity contribution < 1.29 is 17.9 Å². The molecule has 1 heterocycles. The fourth-order valence-corrected chi connectivity index (χ4v) is 5.13. The molecule has 0 radical (unpaired) electrons. The van der Waals surface area contributed by atoms with Gasteiger partial charge in [-0.1, -0.05) is 24.4 Å². The summed E-state index contributed by atoms with van der Waals surface area (Å²) in [5.74, 6) is 0.425. The molecule has 0 bridgehead atoms. The van der Waals surface area contributed by atoms with Gasteiger partial charge in [0.1, 0.15) is 0 Å². The molecular formula is C18H24ClNO4S. The molecule has 2 fully saturated rings. The molecule has 138 valence electrons. The average Bonchev–Trinajstić information content (AvgIpc) is 3.40. The first kappa shape index (κ1) is 18.7. The van der Waals surface area contributed by atoms with E-state index in [9.17, 15) is 13.2 Å². The first-order valence-electron chi connectivity index (χ1n) is 8.80. The zero-order valence-electron chi connectivity index (χ0n) is 14.4. The fourth-order valence-electron chi connectivity index (χ4n) is 3.56. The summed E-state index contributed by atoms with van der Waals surface area (Å²) in [5, 5.41) is 0.503. The Labute approximate surface area is 154 Å².